The van der Waals surface area contributed by atoms with E-state index in [0.29, 0.717) is 27.8 Å². The van der Waals surface area contributed by atoms with Gasteiger partial charge in [0.1, 0.15) is 25.1 Å². The van der Waals surface area contributed by atoms with E-state index in [1.54, 1.807) is 30.5 Å². The van der Waals surface area contributed by atoms with Crippen molar-refractivity contribution in [1.29, 1.82) is 0 Å². The highest BCUT2D eigenvalue weighted by Gasteiger charge is 2.16. The lowest BCUT2D eigenvalue weighted by Gasteiger charge is -2.05. The topological polar surface area (TPSA) is 95.1 Å². The van der Waals surface area contributed by atoms with Gasteiger partial charge in [0.25, 0.3) is 0 Å². The van der Waals surface area contributed by atoms with E-state index in [0.717, 1.165) is 11.4 Å². The van der Waals surface area contributed by atoms with Crippen molar-refractivity contribution in [2.75, 3.05) is 7.05 Å². The number of aryl methyl sites for hydroxylation is 1. The van der Waals surface area contributed by atoms with Gasteiger partial charge in [-0.25, -0.2) is 4.98 Å². The number of nitrogens with two attached hydrogens (primary N) is 1. The average molecular weight is 436 g/mol. The Morgan fingerprint density at radius 2 is 1.66 bits per heavy atom. The highest BCUT2D eigenvalue weighted by atomic mass is 35.5. The van der Waals surface area contributed by atoms with Gasteiger partial charge < -0.3 is 19.9 Å². The molecule has 154 valence electrons. The number of ketones is 1. The van der Waals surface area contributed by atoms with Crippen LogP contribution in [0.3, 0.4) is 0 Å². The maximum absolute atomic E-state index is 12.6. The lowest BCUT2D eigenvalue weighted by Crippen LogP contribution is -2.03. The van der Waals surface area contributed by atoms with Crippen molar-refractivity contribution in [1.82, 2.24) is 9.55 Å². The summed E-state index contributed by atoms with van der Waals surface area (Å²) in [5, 5.41) is 1.12. The fraction of sp³-hybridized carbons (Fsp3) is 0.143. The van der Waals surface area contributed by atoms with Gasteiger partial charge in [0.15, 0.2) is 0 Å². The van der Waals surface area contributed by atoms with Gasteiger partial charge in [0.05, 0.1) is 5.02 Å². The molecule has 0 bridgehead atoms. The first kappa shape index (κ1) is 26.2. The summed E-state index contributed by atoms with van der Waals surface area (Å²) in [5.41, 5.74) is 6.40. The minimum atomic E-state index is -0.177. The van der Waals surface area contributed by atoms with Gasteiger partial charge in [-0.3, -0.25) is 4.79 Å². The number of halogens is 2. The van der Waals surface area contributed by atoms with Crippen molar-refractivity contribution in [3.63, 3.8) is 0 Å². The molecular weight excluding hydrogens is 413 g/mol. The molecule has 1 heterocycles. The van der Waals surface area contributed by atoms with Crippen molar-refractivity contribution >= 4 is 42.6 Å². The summed E-state index contributed by atoms with van der Waals surface area (Å²) in [6, 6.07) is 14.6. The van der Waals surface area contributed by atoms with E-state index in [9.17, 15) is 4.79 Å². The van der Waals surface area contributed by atoms with E-state index < -0.39 is 0 Å². The Labute approximate surface area is 180 Å². The minimum absolute atomic E-state index is 0.177. The number of carbonyl (C=O) groups is 3. The van der Waals surface area contributed by atoms with Gasteiger partial charge >= 0.3 is 0 Å². The fourth-order valence-electron chi connectivity index (χ4n) is 2.39. The number of carbonyl (C=O) groups excluding carboxylic acids is 3. The summed E-state index contributed by atoms with van der Waals surface area (Å²) in [5.74, 6) is 0.587. The molecule has 0 fully saturated rings. The highest BCUT2D eigenvalue weighted by Crippen LogP contribution is 2.19. The number of rotatable bonds is 4. The number of benzene rings is 2. The molecule has 0 spiro atoms. The predicted molar refractivity (Wildman–Crippen MR) is 117 cm³/mol. The Balaban J connectivity index is 0.00000120. The van der Waals surface area contributed by atoms with Crippen LogP contribution in [0.15, 0.2) is 54.7 Å². The number of aromatic nitrogens is 2. The monoisotopic (exact) mass is 435 g/mol. The number of hydrogen-bond acceptors (Lipinski definition) is 5. The van der Waals surface area contributed by atoms with Gasteiger partial charge in [0.2, 0.25) is 5.78 Å². The van der Waals surface area contributed by atoms with E-state index >= 15 is 0 Å². The zero-order valence-corrected chi connectivity index (χ0v) is 17.8. The molecule has 0 saturated heterocycles. The summed E-state index contributed by atoms with van der Waals surface area (Å²) in [4.78, 5) is 32.9. The standard InChI is InChI=1S/C18H14Cl2N2O.CH5N.2CH2O/c1-12-21-17(18(23)15-7-2-3-8-16(15)20)11-22(12)10-13-5-4-6-14(19)9-13;3*1-2/h2-9,11H,10H2,1H3;2H2,1H3;2*1H2. The third kappa shape index (κ3) is 7.62. The summed E-state index contributed by atoms with van der Waals surface area (Å²) in [6.07, 6.45) is 1.75. The van der Waals surface area contributed by atoms with E-state index in [4.69, 9.17) is 32.8 Å². The third-order valence-corrected chi connectivity index (χ3v) is 4.13. The molecule has 0 unspecified atom stereocenters. The Kier molecular flexibility index (Phi) is 12.9. The summed E-state index contributed by atoms with van der Waals surface area (Å²) >= 11 is 12.1. The van der Waals surface area contributed by atoms with Crippen LogP contribution in [0.2, 0.25) is 10.0 Å². The molecule has 0 atom stereocenters. The molecule has 2 aromatic carbocycles. The molecule has 1 aromatic heterocycles. The van der Waals surface area contributed by atoms with Gasteiger partial charge in [0, 0.05) is 23.3 Å². The van der Waals surface area contributed by atoms with Crippen LogP contribution in [0.1, 0.15) is 27.4 Å². The van der Waals surface area contributed by atoms with Crippen LogP contribution in [0.25, 0.3) is 0 Å². The number of hydrogen-bond donors (Lipinski definition) is 1. The predicted octanol–water partition coefficient (Wildman–Crippen LogP) is 3.98. The molecule has 29 heavy (non-hydrogen) atoms. The van der Waals surface area contributed by atoms with Gasteiger partial charge in [-0.2, -0.15) is 0 Å². The zero-order chi connectivity index (χ0) is 22.4. The first-order chi connectivity index (χ1) is 14.0. The lowest BCUT2D eigenvalue weighted by molar-refractivity contribution is -0.0987. The molecule has 0 radical (unpaired) electrons. The van der Waals surface area contributed by atoms with Crippen LogP contribution in [0.5, 0.6) is 0 Å². The normalized spacial score (nSPS) is 9.00. The summed E-state index contributed by atoms with van der Waals surface area (Å²) < 4.78 is 1.93. The molecule has 8 heteroatoms. The molecule has 0 aliphatic carbocycles. The molecule has 2 N–H and O–H groups in total. The number of nitrogens with zero attached hydrogens (tertiary/aromatic N) is 2. The highest BCUT2D eigenvalue weighted by molar-refractivity contribution is 6.34. The second kappa shape index (κ2) is 14.2. The maximum Gasteiger partial charge on any atom is 0.214 e. The first-order valence-corrected chi connectivity index (χ1v) is 9.03. The summed E-state index contributed by atoms with van der Waals surface area (Å²) in [7, 11) is 1.50. The molecule has 0 amide bonds. The van der Waals surface area contributed by atoms with Crippen LogP contribution < -0.4 is 5.73 Å². The van der Waals surface area contributed by atoms with Crippen LogP contribution in [-0.4, -0.2) is 36.0 Å². The molecule has 6 nitrogen and oxygen atoms in total. The second-order valence-corrected chi connectivity index (χ2v) is 6.08. The van der Waals surface area contributed by atoms with Crippen molar-refractivity contribution in [3.8, 4) is 0 Å². The fourth-order valence-corrected chi connectivity index (χ4v) is 2.83. The van der Waals surface area contributed by atoms with Crippen molar-refractivity contribution < 1.29 is 14.4 Å². The third-order valence-electron chi connectivity index (χ3n) is 3.57. The number of imidazole rings is 1. The second-order valence-electron chi connectivity index (χ2n) is 5.24. The van der Waals surface area contributed by atoms with E-state index in [1.165, 1.54) is 7.05 Å². The average Bonchev–Trinajstić information content (AvgIpc) is 3.12. The van der Waals surface area contributed by atoms with Crippen LogP contribution >= 0.6 is 23.2 Å². The SMILES string of the molecule is C=O.C=O.CN.Cc1nc(C(=O)c2ccccc2Cl)cn1Cc1cccc(Cl)c1. The first-order valence-electron chi connectivity index (χ1n) is 8.27. The van der Waals surface area contributed by atoms with Gasteiger partial charge in [-0.05, 0) is 43.8 Å². The van der Waals surface area contributed by atoms with Crippen molar-refractivity contribution in [3.05, 3.63) is 87.4 Å². The lowest BCUT2D eigenvalue weighted by atomic mass is 10.1. The Bertz CT molecular complexity index is 912. The smallest absolute Gasteiger partial charge is 0.214 e. The van der Waals surface area contributed by atoms with Crippen LogP contribution in [-0.2, 0) is 16.1 Å². The Morgan fingerprint density at radius 1 is 1.03 bits per heavy atom. The van der Waals surface area contributed by atoms with E-state index in [1.807, 2.05) is 49.3 Å². The summed E-state index contributed by atoms with van der Waals surface area (Å²) in [6.45, 7) is 6.48. The molecule has 0 saturated carbocycles. The van der Waals surface area contributed by atoms with Crippen molar-refractivity contribution in [2.24, 2.45) is 5.73 Å². The maximum atomic E-state index is 12.6. The van der Waals surface area contributed by atoms with Gasteiger partial charge in [-0.1, -0.05) is 47.5 Å². The Hall–Kier alpha value is -2.80. The van der Waals surface area contributed by atoms with E-state index in [2.05, 4.69) is 10.7 Å². The molecule has 0 aliphatic heterocycles. The van der Waals surface area contributed by atoms with Crippen LogP contribution in [0, 0.1) is 6.92 Å². The molecule has 3 aromatic rings. The molecule has 0 aliphatic rings. The Morgan fingerprint density at radius 3 is 2.24 bits per heavy atom. The van der Waals surface area contributed by atoms with Crippen LogP contribution in [0.4, 0.5) is 0 Å². The largest absolute Gasteiger partial charge is 0.333 e. The quantitative estimate of drug-likeness (QED) is 0.625. The molecule has 3 rings (SSSR count). The van der Waals surface area contributed by atoms with Crippen molar-refractivity contribution in [2.45, 2.75) is 13.5 Å². The minimum Gasteiger partial charge on any atom is -0.333 e. The van der Waals surface area contributed by atoms with E-state index in [-0.39, 0.29) is 5.78 Å². The van der Waals surface area contributed by atoms with Gasteiger partial charge in [-0.15, -0.1) is 0 Å². The molecular formula is C21H23Cl2N3O3. The zero-order valence-electron chi connectivity index (χ0n) is 16.3.